The number of hydrogen-bond acceptors (Lipinski definition) is 6. The zero-order valence-corrected chi connectivity index (χ0v) is 21.3. The third kappa shape index (κ3) is 5.64. The van der Waals surface area contributed by atoms with E-state index in [4.69, 9.17) is 19.6 Å². The number of pyridine rings is 1. The third-order valence-corrected chi connectivity index (χ3v) is 6.23. The van der Waals surface area contributed by atoms with Crippen LogP contribution in [-0.4, -0.2) is 57.6 Å². The number of nitrogens with zero attached hydrogens (tertiary/aromatic N) is 5. The van der Waals surface area contributed by atoms with Crippen molar-refractivity contribution < 1.29 is 9.47 Å². The Labute approximate surface area is 212 Å². The molecular weight excluding hydrogens is 450 g/mol. The summed E-state index contributed by atoms with van der Waals surface area (Å²) < 4.78 is 13.2. The molecule has 0 unspecified atom stereocenters. The van der Waals surface area contributed by atoms with Crippen molar-refractivity contribution in [2.45, 2.75) is 33.7 Å². The molecule has 0 spiro atoms. The molecule has 1 aliphatic rings. The highest BCUT2D eigenvalue weighted by atomic mass is 16.5. The monoisotopic (exact) mass is 483 g/mol. The predicted octanol–water partition coefficient (Wildman–Crippen LogP) is 5.23. The average molecular weight is 484 g/mol. The van der Waals surface area contributed by atoms with Crippen molar-refractivity contribution in [3.05, 3.63) is 77.6 Å². The number of morpholine rings is 1. The molecule has 36 heavy (non-hydrogen) atoms. The molecular formula is C29H33N5O2. The summed E-state index contributed by atoms with van der Waals surface area (Å²) in [5.74, 6) is 2.34. The molecule has 0 saturated carbocycles. The van der Waals surface area contributed by atoms with Crippen LogP contribution in [0.25, 0.3) is 28.5 Å². The molecule has 0 bridgehead atoms. The van der Waals surface area contributed by atoms with Crippen LogP contribution < -0.4 is 4.74 Å². The second kappa shape index (κ2) is 11.0. The molecule has 0 N–H and O–H groups in total. The molecule has 3 heterocycles. The first-order valence-electron chi connectivity index (χ1n) is 12.6. The fraction of sp³-hybridized carbons (Fsp3) is 0.345. The fourth-order valence-corrected chi connectivity index (χ4v) is 4.43. The molecule has 1 saturated heterocycles. The number of aromatic nitrogens is 4. The second-order valence-electron chi connectivity index (χ2n) is 9.24. The van der Waals surface area contributed by atoms with Crippen LogP contribution >= 0.6 is 0 Å². The van der Waals surface area contributed by atoms with Crippen LogP contribution in [0.2, 0.25) is 0 Å². The molecule has 186 valence electrons. The van der Waals surface area contributed by atoms with Crippen LogP contribution in [0.1, 0.15) is 30.3 Å². The average Bonchev–Trinajstić information content (AvgIpc) is 3.34. The molecule has 2 aromatic carbocycles. The molecule has 0 radical (unpaired) electrons. The van der Waals surface area contributed by atoms with Gasteiger partial charge in [-0.25, -0.2) is 9.67 Å². The Hall–Kier alpha value is -3.55. The van der Waals surface area contributed by atoms with Crippen molar-refractivity contribution in [1.29, 1.82) is 0 Å². The largest absolute Gasteiger partial charge is 0.494 e. The van der Waals surface area contributed by atoms with Crippen molar-refractivity contribution in [3.63, 3.8) is 0 Å². The Kier molecular flexibility index (Phi) is 7.39. The fourth-order valence-electron chi connectivity index (χ4n) is 4.43. The van der Waals surface area contributed by atoms with Crippen LogP contribution in [0.15, 0.2) is 60.7 Å². The van der Waals surface area contributed by atoms with E-state index in [-0.39, 0.29) is 0 Å². The smallest absolute Gasteiger partial charge is 0.182 e. The van der Waals surface area contributed by atoms with Crippen LogP contribution in [-0.2, 0) is 11.3 Å². The molecule has 0 aliphatic carbocycles. The summed E-state index contributed by atoms with van der Waals surface area (Å²) in [6.07, 6.45) is 0.978. The lowest BCUT2D eigenvalue weighted by Crippen LogP contribution is -2.35. The summed E-state index contributed by atoms with van der Waals surface area (Å²) in [7, 11) is 0. The molecule has 4 aromatic rings. The van der Waals surface area contributed by atoms with Crippen molar-refractivity contribution in [2.24, 2.45) is 0 Å². The molecule has 1 fully saturated rings. The summed E-state index contributed by atoms with van der Waals surface area (Å²) in [5.41, 5.74) is 6.10. The molecule has 7 nitrogen and oxygen atoms in total. The van der Waals surface area contributed by atoms with Crippen LogP contribution in [0.5, 0.6) is 5.75 Å². The number of hydrogen-bond donors (Lipinski definition) is 0. The Morgan fingerprint density at radius 2 is 1.53 bits per heavy atom. The topological polar surface area (TPSA) is 65.3 Å². The zero-order valence-electron chi connectivity index (χ0n) is 21.3. The van der Waals surface area contributed by atoms with Gasteiger partial charge in [0.2, 0.25) is 0 Å². The van der Waals surface area contributed by atoms with Gasteiger partial charge in [-0.2, -0.15) is 0 Å². The zero-order chi connectivity index (χ0) is 24.9. The summed E-state index contributed by atoms with van der Waals surface area (Å²) in [6.45, 7) is 11.3. The van der Waals surface area contributed by atoms with Crippen LogP contribution in [0.4, 0.5) is 0 Å². The molecule has 0 atom stereocenters. The number of benzene rings is 2. The van der Waals surface area contributed by atoms with E-state index in [1.165, 1.54) is 5.56 Å². The Morgan fingerprint density at radius 3 is 2.19 bits per heavy atom. The van der Waals surface area contributed by atoms with E-state index in [0.29, 0.717) is 12.4 Å². The standard InChI is InChI=1S/C29H33N5O2/c1-4-15-36-27-11-9-25(10-12-27)29-31-28(32-34(29)26-18-21(2)30-22(3)19-26)24-7-5-23(6-8-24)20-33-13-16-35-17-14-33/h5-12,18-19H,4,13-17,20H2,1-3H3. The van der Waals surface area contributed by atoms with E-state index in [9.17, 15) is 0 Å². The minimum Gasteiger partial charge on any atom is -0.494 e. The van der Waals surface area contributed by atoms with E-state index in [0.717, 1.165) is 79.0 Å². The minimum atomic E-state index is 0.696. The minimum absolute atomic E-state index is 0.696. The quantitative estimate of drug-likeness (QED) is 0.342. The van der Waals surface area contributed by atoms with Crippen molar-refractivity contribution in [2.75, 3.05) is 32.9 Å². The van der Waals surface area contributed by atoms with Crippen LogP contribution in [0.3, 0.4) is 0 Å². The number of ether oxygens (including phenoxy) is 2. The predicted molar refractivity (Wildman–Crippen MR) is 141 cm³/mol. The Balaban J connectivity index is 1.48. The lowest BCUT2D eigenvalue weighted by molar-refractivity contribution is 0.0342. The van der Waals surface area contributed by atoms with E-state index in [2.05, 4.69) is 41.1 Å². The van der Waals surface area contributed by atoms with Crippen molar-refractivity contribution in [1.82, 2.24) is 24.6 Å². The van der Waals surface area contributed by atoms with Gasteiger partial charge < -0.3 is 9.47 Å². The third-order valence-electron chi connectivity index (χ3n) is 6.23. The van der Waals surface area contributed by atoms with Crippen molar-refractivity contribution in [3.8, 4) is 34.2 Å². The summed E-state index contributed by atoms with van der Waals surface area (Å²) in [4.78, 5) is 11.9. The van der Waals surface area contributed by atoms with Gasteiger partial charge in [0.15, 0.2) is 11.6 Å². The first kappa shape index (κ1) is 24.2. The summed E-state index contributed by atoms with van der Waals surface area (Å²) in [5, 5.41) is 4.95. The van der Waals surface area contributed by atoms with Crippen LogP contribution in [0, 0.1) is 13.8 Å². The van der Waals surface area contributed by atoms with E-state index >= 15 is 0 Å². The SMILES string of the molecule is CCCOc1ccc(-c2nc(-c3ccc(CN4CCOCC4)cc3)nn2-c2cc(C)nc(C)c2)cc1. The normalized spacial score (nSPS) is 14.2. The highest BCUT2D eigenvalue weighted by molar-refractivity contribution is 5.64. The summed E-state index contributed by atoms with van der Waals surface area (Å²) in [6, 6.07) is 20.7. The van der Waals surface area contributed by atoms with Gasteiger partial charge in [-0.1, -0.05) is 31.2 Å². The van der Waals surface area contributed by atoms with Gasteiger partial charge in [0, 0.05) is 42.1 Å². The van der Waals surface area contributed by atoms with Gasteiger partial charge >= 0.3 is 0 Å². The Morgan fingerprint density at radius 1 is 0.861 bits per heavy atom. The maximum absolute atomic E-state index is 5.77. The van der Waals surface area contributed by atoms with E-state index < -0.39 is 0 Å². The number of rotatable bonds is 8. The van der Waals surface area contributed by atoms with Gasteiger partial charge in [-0.05, 0) is 62.2 Å². The molecule has 7 heteroatoms. The van der Waals surface area contributed by atoms with Gasteiger partial charge in [0.25, 0.3) is 0 Å². The maximum Gasteiger partial charge on any atom is 0.182 e. The molecule has 0 amide bonds. The van der Waals surface area contributed by atoms with E-state index in [1.54, 1.807) is 0 Å². The van der Waals surface area contributed by atoms with Gasteiger partial charge in [0.05, 0.1) is 25.5 Å². The molecule has 5 rings (SSSR count). The lowest BCUT2D eigenvalue weighted by Gasteiger charge is -2.26. The lowest BCUT2D eigenvalue weighted by atomic mass is 10.1. The first-order chi connectivity index (χ1) is 17.6. The molecule has 2 aromatic heterocycles. The Bertz CT molecular complexity index is 1270. The van der Waals surface area contributed by atoms with Gasteiger partial charge in [0.1, 0.15) is 5.75 Å². The van der Waals surface area contributed by atoms with Gasteiger partial charge in [-0.15, -0.1) is 5.10 Å². The van der Waals surface area contributed by atoms with Crippen molar-refractivity contribution >= 4 is 0 Å². The highest BCUT2D eigenvalue weighted by Crippen LogP contribution is 2.28. The van der Waals surface area contributed by atoms with E-state index in [1.807, 2.05) is 54.9 Å². The summed E-state index contributed by atoms with van der Waals surface area (Å²) >= 11 is 0. The second-order valence-corrected chi connectivity index (χ2v) is 9.24. The van der Waals surface area contributed by atoms with Gasteiger partial charge in [-0.3, -0.25) is 9.88 Å². The number of aryl methyl sites for hydroxylation is 2. The maximum atomic E-state index is 5.77. The highest BCUT2D eigenvalue weighted by Gasteiger charge is 2.17. The molecule has 1 aliphatic heterocycles. The first-order valence-corrected chi connectivity index (χ1v) is 12.6.